The zero-order valence-corrected chi connectivity index (χ0v) is 10.1. The highest BCUT2D eigenvalue weighted by atomic mass is 35.5. The Labute approximate surface area is 99.9 Å². The third-order valence-corrected chi connectivity index (χ3v) is 2.51. The Morgan fingerprint density at radius 2 is 2.12 bits per heavy atom. The van der Waals surface area contributed by atoms with Crippen LogP contribution < -0.4 is 5.32 Å². The molecule has 84 valence electrons. The Bertz CT molecular complexity index is 497. The summed E-state index contributed by atoms with van der Waals surface area (Å²) in [5.41, 5.74) is 0.908. The molecule has 0 saturated carbocycles. The van der Waals surface area contributed by atoms with Gasteiger partial charge in [0.05, 0.1) is 5.52 Å². The molecular weight excluding hydrogens is 222 g/mol. The molecule has 2 aromatic rings. The summed E-state index contributed by atoms with van der Waals surface area (Å²) in [5, 5.41) is 4.98. The van der Waals surface area contributed by atoms with Crippen LogP contribution in [0.3, 0.4) is 0 Å². The minimum Gasteiger partial charge on any atom is -0.369 e. The molecule has 0 saturated heterocycles. The van der Waals surface area contributed by atoms with Crippen molar-refractivity contribution in [3.05, 3.63) is 29.5 Å². The standard InChI is InChI=1S/C12H14ClN3/c1-8(2)6-14-12-10-5-9(13)3-4-11(10)15-7-16-12/h3-5,7-8H,6H2,1-2H3,(H,14,15,16). The van der Waals surface area contributed by atoms with E-state index in [9.17, 15) is 0 Å². The van der Waals surface area contributed by atoms with Crippen molar-refractivity contribution in [1.82, 2.24) is 9.97 Å². The minimum absolute atomic E-state index is 0.573. The molecule has 1 N–H and O–H groups in total. The molecule has 0 atom stereocenters. The SMILES string of the molecule is CC(C)CNc1ncnc2ccc(Cl)cc12. The van der Waals surface area contributed by atoms with Gasteiger partial charge in [-0.25, -0.2) is 9.97 Å². The summed E-state index contributed by atoms with van der Waals surface area (Å²) < 4.78 is 0. The smallest absolute Gasteiger partial charge is 0.137 e. The normalized spacial score (nSPS) is 11.0. The summed E-state index contributed by atoms with van der Waals surface area (Å²) >= 11 is 5.97. The molecule has 0 spiro atoms. The van der Waals surface area contributed by atoms with Crippen LogP contribution in [0, 0.1) is 5.92 Å². The van der Waals surface area contributed by atoms with Crippen LogP contribution in [0.2, 0.25) is 5.02 Å². The number of hydrogen-bond acceptors (Lipinski definition) is 3. The lowest BCUT2D eigenvalue weighted by molar-refractivity contribution is 0.687. The van der Waals surface area contributed by atoms with E-state index in [-0.39, 0.29) is 0 Å². The van der Waals surface area contributed by atoms with E-state index in [2.05, 4.69) is 29.1 Å². The number of halogens is 1. The molecule has 0 aliphatic heterocycles. The highest BCUT2D eigenvalue weighted by Gasteiger charge is 2.04. The predicted octanol–water partition coefficient (Wildman–Crippen LogP) is 3.35. The summed E-state index contributed by atoms with van der Waals surface area (Å²) in [6, 6.07) is 5.63. The number of aromatic nitrogens is 2. The second kappa shape index (κ2) is 4.66. The average molecular weight is 236 g/mol. The second-order valence-corrected chi connectivity index (χ2v) is 4.59. The van der Waals surface area contributed by atoms with Crippen molar-refractivity contribution < 1.29 is 0 Å². The maximum absolute atomic E-state index is 5.97. The van der Waals surface area contributed by atoms with Crippen molar-refractivity contribution in [3.63, 3.8) is 0 Å². The molecule has 0 fully saturated rings. The fourth-order valence-corrected chi connectivity index (χ4v) is 1.64. The van der Waals surface area contributed by atoms with Gasteiger partial charge in [-0.3, -0.25) is 0 Å². The van der Waals surface area contributed by atoms with Crippen molar-refractivity contribution in [2.75, 3.05) is 11.9 Å². The molecule has 16 heavy (non-hydrogen) atoms. The van der Waals surface area contributed by atoms with Crippen molar-refractivity contribution in [3.8, 4) is 0 Å². The Kier molecular flexibility index (Phi) is 3.25. The van der Waals surface area contributed by atoms with Gasteiger partial charge in [-0.2, -0.15) is 0 Å². The molecule has 3 nitrogen and oxygen atoms in total. The summed E-state index contributed by atoms with van der Waals surface area (Å²) in [5.74, 6) is 1.42. The molecule has 1 aromatic heterocycles. The lowest BCUT2D eigenvalue weighted by atomic mass is 10.2. The van der Waals surface area contributed by atoms with Gasteiger partial charge in [0.2, 0.25) is 0 Å². The van der Waals surface area contributed by atoms with E-state index in [1.54, 1.807) is 6.33 Å². The first kappa shape index (κ1) is 11.1. The number of fused-ring (bicyclic) bond motifs is 1. The molecule has 0 bridgehead atoms. The van der Waals surface area contributed by atoms with Gasteiger partial charge in [-0.15, -0.1) is 0 Å². The number of benzene rings is 1. The summed E-state index contributed by atoms with van der Waals surface area (Å²) in [4.78, 5) is 8.44. The van der Waals surface area contributed by atoms with Gasteiger partial charge >= 0.3 is 0 Å². The molecule has 0 aliphatic carbocycles. The van der Waals surface area contributed by atoms with Crippen molar-refractivity contribution in [2.24, 2.45) is 5.92 Å². The van der Waals surface area contributed by atoms with Crippen molar-refractivity contribution >= 4 is 28.3 Å². The number of anilines is 1. The van der Waals surface area contributed by atoms with Crippen LogP contribution in [0.25, 0.3) is 10.9 Å². The van der Waals surface area contributed by atoms with Crippen LogP contribution in [0.15, 0.2) is 24.5 Å². The van der Waals surface area contributed by atoms with Crippen LogP contribution in [-0.4, -0.2) is 16.5 Å². The number of nitrogens with one attached hydrogen (secondary N) is 1. The average Bonchev–Trinajstić information content (AvgIpc) is 2.26. The van der Waals surface area contributed by atoms with E-state index < -0.39 is 0 Å². The van der Waals surface area contributed by atoms with E-state index >= 15 is 0 Å². The summed E-state index contributed by atoms with van der Waals surface area (Å²) in [7, 11) is 0. The van der Waals surface area contributed by atoms with Crippen LogP contribution in [0.1, 0.15) is 13.8 Å². The topological polar surface area (TPSA) is 37.8 Å². The lowest BCUT2D eigenvalue weighted by Gasteiger charge is -2.10. The summed E-state index contributed by atoms with van der Waals surface area (Å²) in [6.07, 6.45) is 1.57. The molecule has 1 aromatic carbocycles. The second-order valence-electron chi connectivity index (χ2n) is 4.16. The third-order valence-electron chi connectivity index (χ3n) is 2.28. The number of hydrogen-bond donors (Lipinski definition) is 1. The quantitative estimate of drug-likeness (QED) is 0.887. The van der Waals surface area contributed by atoms with Crippen LogP contribution in [0.4, 0.5) is 5.82 Å². The minimum atomic E-state index is 0.573. The van der Waals surface area contributed by atoms with Crippen LogP contribution >= 0.6 is 11.6 Å². The zero-order valence-electron chi connectivity index (χ0n) is 9.37. The highest BCUT2D eigenvalue weighted by molar-refractivity contribution is 6.31. The Morgan fingerprint density at radius 1 is 1.31 bits per heavy atom. The first-order chi connectivity index (χ1) is 7.66. The molecule has 0 unspecified atom stereocenters. The van der Waals surface area contributed by atoms with Crippen LogP contribution in [-0.2, 0) is 0 Å². The Hall–Kier alpha value is -1.35. The molecule has 0 aliphatic rings. The van der Waals surface area contributed by atoms with Gasteiger partial charge in [0.15, 0.2) is 0 Å². The van der Waals surface area contributed by atoms with Gasteiger partial charge in [0.1, 0.15) is 12.1 Å². The maximum Gasteiger partial charge on any atom is 0.137 e. The van der Waals surface area contributed by atoms with E-state index in [4.69, 9.17) is 11.6 Å². The first-order valence-corrected chi connectivity index (χ1v) is 5.69. The number of nitrogens with zero attached hydrogens (tertiary/aromatic N) is 2. The highest BCUT2D eigenvalue weighted by Crippen LogP contribution is 2.22. The van der Waals surface area contributed by atoms with Gasteiger partial charge in [0, 0.05) is 17.0 Å². The first-order valence-electron chi connectivity index (χ1n) is 5.31. The molecule has 1 heterocycles. The molecule has 2 rings (SSSR count). The zero-order chi connectivity index (χ0) is 11.5. The predicted molar refractivity (Wildman–Crippen MR) is 67.9 cm³/mol. The third kappa shape index (κ3) is 2.42. The van der Waals surface area contributed by atoms with Crippen molar-refractivity contribution in [1.29, 1.82) is 0 Å². The molecular formula is C12H14ClN3. The van der Waals surface area contributed by atoms with Gasteiger partial charge < -0.3 is 5.32 Å². The molecule has 0 radical (unpaired) electrons. The fourth-order valence-electron chi connectivity index (χ4n) is 1.47. The largest absolute Gasteiger partial charge is 0.369 e. The van der Waals surface area contributed by atoms with E-state index in [0.29, 0.717) is 10.9 Å². The van der Waals surface area contributed by atoms with Crippen molar-refractivity contribution in [2.45, 2.75) is 13.8 Å². The van der Waals surface area contributed by atoms with Gasteiger partial charge in [0.25, 0.3) is 0 Å². The maximum atomic E-state index is 5.97. The van der Waals surface area contributed by atoms with E-state index in [1.807, 2.05) is 18.2 Å². The van der Waals surface area contributed by atoms with Gasteiger partial charge in [-0.1, -0.05) is 25.4 Å². The summed E-state index contributed by atoms with van der Waals surface area (Å²) in [6.45, 7) is 5.20. The monoisotopic (exact) mass is 235 g/mol. The van der Waals surface area contributed by atoms with E-state index in [0.717, 1.165) is 23.3 Å². The Morgan fingerprint density at radius 3 is 2.88 bits per heavy atom. The lowest BCUT2D eigenvalue weighted by Crippen LogP contribution is -2.09. The van der Waals surface area contributed by atoms with E-state index in [1.165, 1.54) is 0 Å². The van der Waals surface area contributed by atoms with Gasteiger partial charge in [-0.05, 0) is 24.1 Å². The fraction of sp³-hybridized carbons (Fsp3) is 0.333. The Balaban J connectivity index is 2.40. The number of rotatable bonds is 3. The molecule has 0 amide bonds. The molecule has 4 heteroatoms. The van der Waals surface area contributed by atoms with Crippen LogP contribution in [0.5, 0.6) is 0 Å².